The molecule has 2 atom stereocenters. The summed E-state index contributed by atoms with van der Waals surface area (Å²) in [6, 6.07) is 0.218. The third kappa shape index (κ3) is 3.89. The second kappa shape index (κ2) is 6.87. The molecule has 1 aliphatic rings. The van der Waals surface area contributed by atoms with Gasteiger partial charge >= 0.3 is 0 Å². The van der Waals surface area contributed by atoms with Gasteiger partial charge in [-0.25, -0.2) is 0 Å². The van der Waals surface area contributed by atoms with Crippen LogP contribution < -0.4 is 5.32 Å². The van der Waals surface area contributed by atoms with Crippen molar-refractivity contribution in [3.05, 3.63) is 21.6 Å². The average Bonchev–Trinajstić information content (AvgIpc) is 2.30. The fourth-order valence-electron chi connectivity index (χ4n) is 2.23. The maximum absolute atomic E-state index is 8.49. The lowest BCUT2D eigenvalue weighted by Crippen LogP contribution is -2.48. The van der Waals surface area contributed by atoms with Gasteiger partial charge in [0.2, 0.25) is 0 Å². The molecule has 1 heterocycles. The number of hydrogen-bond acceptors (Lipinski definition) is 3. The molecule has 0 aromatic rings. The Morgan fingerprint density at radius 2 is 2.00 bits per heavy atom. The molecule has 0 aromatic carbocycles. The fourth-order valence-corrected chi connectivity index (χ4v) is 2.67. The third-order valence-electron chi connectivity index (χ3n) is 3.14. The molecule has 17 heavy (non-hydrogen) atoms. The van der Waals surface area contributed by atoms with Crippen molar-refractivity contribution in [3.8, 4) is 0 Å². The Labute approximate surface area is 107 Å². The Morgan fingerprint density at radius 3 is 2.47 bits per heavy atom. The van der Waals surface area contributed by atoms with Crippen molar-refractivity contribution in [1.29, 1.82) is 0 Å². The number of nitrogens with zero attached hydrogens (tertiary/aromatic N) is 4. The Bertz CT molecular complexity index is 325. The molecule has 1 aliphatic heterocycles. The number of azide groups is 1. The zero-order valence-corrected chi connectivity index (χ0v) is 11.4. The van der Waals surface area contributed by atoms with Crippen LogP contribution >= 0.6 is 11.6 Å². The highest BCUT2D eigenvalue weighted by Crippen LogP contribution is 2.23. The summed E-state index contributed by atoms with van der Waals surface area (Å²) in [5.74, 6) is 0. The lowest BCUT2D eigenvalue weighted by molar-refractivity contribution is 0.202. The van der Waals surface area contributed by atoms with Crippen LogP contribution in [-0.4, -0.2) is 42.6 Å². The minimum atomic E-state index is -0.588. The Balaban J connectivity index is 2.83. The van der Waals surface area contributed by atoms with Gasteiger partial charge in [-0.15, -0.1) is 11.6 Å². The van der Waals surface area contributed by atoms with Crippen LogP contribution in [0.15, 0.2) is 16.3 Å². The van der Waals surface area contributed by atoms with Crippen LogP contribution in [0.1, 0.15) is 20.8 Å². The van der Waals surface area contributed by atoms with Crippen molar-refractivity contribution in [2.75, 3.05) is 26.2 Å². The van der Waals surface area contributed by atoms with Crippen molar-refractivity contribution in [2.45, 2.75) is 32.3 Å². The lowest BCUT2D eigenvalue weighted by Gasteiger charge is -2.35. The molecular weight excluding hydrogens is 238 g/mol. The number of halogens is 1. The van der Waals surface area contributed by atoms with Crippen LogP contribution in [0.2, 0.25) is 0 Å². The van der Waals surface area contributed by atoms with Crippen LogP contribution in [0, 0.1) is 0 Å². The first-order chi connectivity index (χ1) is 8.07. The predicted octanol–water partition coefficient (Wildman–Crippen LogP) is 2.49. The van der Waals surface area contributed by atoms with Crippen molar-refractivity contribution >= 4 is 11.6 Å². The Morgan fingerprint density at radius 1 is 1.41 bits per heavy atom. The van der Waals surface area contributed by atoms with Gasteiger partial charge in [-0.1, -0.05) is 10.7 Å². The molecule has 1 rings (SSSR count). The van der Waals surface area contributed by atoms with Crippen LogP contribution in [0.5, 0.6) is 0 Å². The molecule has 6 heteroatoms. The summed E-state index contributed by atoms with van der Waals surface area (Å²) in [4.78, 5) is 5.16. The van der Waals surface area contributed by atoms with Gasteiger partial charge in [0.25, 0.3) is 0 Å². The SMILES string of the molecule is CC(C)=C(C(Cl)N=[N+]=[N-])C(C)N1CCNCC1. The van der Waals surface area contributed by atoms with Gasteiger partial charge < -0.3 is 5.32 Å². The summed E-state index contributed by atoms with van der Waals surface area (Å²) >= 11 is 6.14. The number of piperazine rings is 1. The minimum Gasteiger partial charge on any atom is -0.314 e. The van der Waals surface area contributed by atoms with Gasteiger partial charge in [0.05, 0.1) is 0 Å². The molecule has 0 radical (unpaired) electrons. The van der Waals surface area contributed by atoms with Gasteiger partial charge in [0.15, 0.2) is 0 Å². The standard InChI is InChI=1S/C11H20ClN5/c1-8(2)10(11(12)15-16-13)9(3)17-6-4-14-5-7-17/h9,11,14H,4-7H2,1-3H3. The van der Waals surface area contributed by atoms with Crippen molar-refractivity contribution < 1.29 is 0 Å². The molecule has 2 unspecified atom stereocenters. The van der Waals surface area contributed by atoms with Gasteiger partial charge in [-0.05, 0) is 31.9 Å². The largest absolute Gasteiger partial charge is 0.314 e. The minimum absolute atomic E-state index is 0.218. The number of rotatable bonds is 4. The summed E-state index contributed by atoms with van der Waals surface area (Å²) in [6.45, 7) is 10.1. The molecule has 0 saturated carbocycles. The van der Waals surface area contributed by atoms with Crippen LogP contribution in [0.3, 0.4) is 0 Å². The average molecular weight is 258 g/mol. The summed E-state index contributed by atoms with van der Waals surface area (Å²) in [6.07, 6.45) is 0. The van der Waals surface area contributed by atoms with Gasteiger partial charge in [-0.3, -0.25) is 4.90 Å². The first kappa shape index (κ1) is 14.3. The smallest absolute Gasteiger partial charge is 0.135 e. The molecule has 0 aromatic heterocycles. The number of allylic oxidation sites excluding steroid dienone is 1. The monoisotopic (exact) mass is 257 g/mol. The molecule has 0 spiro atoms. The van der Waals surface area contributed by atoms with Crippen molar-refractivity contribution in [1.82, 2.24) is 10.2 Å². The van der Waals surface area contributed by atoms with Crippen LogP contribution in [0.4, 0.5) is 0 Å². The van der Waals surface area contributed by atoms with E-state index in [1.165, 1.54) is 0 Å². The number of nitrogens with one attached hydrogen (secondary N) is 1. The predicted molar refractivity (Wildman–Crippen MR) is 71.1 cm³/mol. The van der Waals surface area contributed by atoms with E-state index >= 15 is 0 Å². The van der Waals surface area contributed by atoms with E-state index in [2.05, 4.69) is 27.2 Å². The molecule has 0 aliphatic carbocycles. The summed E-state index contributed by atoms with van der Waals surface area (Å²) < 4.78 is 0. The molecular formula is C11H20ClN5. The molecule has 1 N–H and O–H groups in total. The van der Waals surface area contributed by atoms with E-state index in [-0.39, 0.29) is 6.04 Å². The highest BCUT2D eigenvalue weighted by Gasteiger charge is 2.24. The molecule has 0 amide bonds. The van der Waals surface area contributed by atoms with E-state index in [9.17, 15) is 0 Å². The highest BCUT2D eigenvalue weighted by molar-refractivity contribution is 6.22. The second-order valence-electron chi connectivity index (χ2n) is 4.46. The van der Waals surface area contributed by atoms with E-state index in [4.69, 9.17) is 17.1 Å². The van der Waals surface area contributed by atoms with Gasteiger partial charge in [0, 0.05) is 37.1 Å². The Hall–Kier alpha value is -0.740. The maximum atomic E-state index is 8.49. The molecule has 5 nitrogen and oxygen atoms in total. The molecule has 1 fully saturated rings. The fraction of sp³-hybridized carbons (Fsp3) is 0.818. The normalized spacial score (nSPS) is 20.2. The second-order valence-corrected chi connectivity index (χ2v) is 4.87. The van der Waals surface area contributed by atoms with E-state index in [1.807, 2.05) is 13.8 Å². The first-order valence-electron chi connectivity index (χ1n) is 5.88. The molecule has 96 valence electrons. The first-order valence-corrected chi connectivity index (χ1v) is 6.32. The quantitative estimate of drug-likeness (QED) is 0.210. The topological polar surface area (TPSA) is 64.0 Å². The van der Waals surface area contributed by atoms with Crippen molar-refractivity contribution in [3.63, 3.8) is 0 Å². The van der Waals surface area contributed by atoms with E-state index < -0.39 is 5.50 Å². The number of alkyl halides is 1. The zero-order chi connectivity index (χ0) is 12.8. The van der Waals surface area contributed by atoms with Crippen LogP contribution in [-0.2, 0) is 0 Å². The summed E-state index contributed by atoms with van der Waals surface area (Å²) in [5.41, 5.74) is 10.0. The van der Waals surface area contributed by atoms with Gasteiger partial charge in [-0.2, -0.15) is 0 Å². The van der Waals surface area contributed by atoms with Crippen LogP contribution in [0.25, 0.3) is 10.4 Å². The molecule has 0 bridgehead atoms. The summed E-state index contributed by atoms with van der Waals surface area (Å²) in [7, 11) is 0. The lowest BCUT2D eigenvalue weighted by atomic mass is 10.0. The maximum Gasteiger partial charge on any atom is 0.135 e. The number of hydrogen-bond donors (Lipinski definition) is 1. The van der Waals surface area contributed by atoms with E-state index in [0.29, 0.717) is 0 Å². The van der Waals surface area contributed by atoms with Gasteiger partial charge in [0.1, 0.15) is 5.50 Å². The molecule has 1 saturated heterocycles. The van der Waals surface area contributed by atoms with Crippen molar-refractivity contribution in [2.24, 2.45) is 5.11 Å². The third-order valence-corrected chi connectivity index (χ3v) is 3.46. The zero-order valence-electron chi connectivity index (χ0n) is 10.6. The Kier molecular flexibility index (Phi) is 5.78. The summed E-state index contributed by atoms with van der Waals surface area (Å²) in [5, 5.41) is 6.93. The highest BCUT2D eigenvalue weighted by atomic mass is 35.5. The van der Waals surface area contributed by atoms with E-state index in [0.717, 1.165) is 37.3 Å². The van der Waals surface area contributed by atoms with E-state index in [1.54, 1.807) is 0 Å².